The molecule has 80 valence electrons. The zero-order valence-electron chi connectivity index (χ0n) is 8.64. The lowest BCUT2D eigenvalue weighted by molar-refractivity contribution is -0.152. The van der Waals surface area contributed by atoms with Gasteiger partial charge in [-0.25, -0.2) is 0 Å². The molecule has 0 heterocycles. The first kappa shape index (κ1) is 11.8. The summed E-state index contributed by atoms with van der Waals surface area (Å²) >= 11 is 0. The Bertz CT molecular complexity index is 388. The molecule has 0 saturated carbocycles. The van der Waals surface area contributed by atoms with Gasteiger partial charge in [-0.15, -0.1) is 0 Å². The van der Waals surface area contributed by atoms with Crippen molar-refractivity contribution in [2.75, 3.05) is 11.9 Å². The highest BCUT2D eigenvalue weighted by atomic mass is 31.1. The van der Waals surface area contributed by atoms with Gasteiger partial charge in [0.15, 0.2) is 5.75 Å². The van der Waals surface area contributed by atoms with Gasteiger partial charge in [0.2, 0.25) is 0 Å². The Labute approximate surface area is 90.7 Å². The van der Waals surface area contributed by atoms with Crippen molar-refractivity contribution in [2.45, 2.75) is 6.92 Å². The van der Waals surface area contributed by atoms with Crippen molar-refractivity contribution in [1.82, 2.24) is 0 Å². The zero-order chi connectivity index (χ0) is 11.3. The second-order valence-corrected chi connectivity index (χ2v) is 4.64. The van der Waals surface area contributed by atoms with E-state index in [1.807, 2.05) is 13.0 Å². The molecule has 0 aliphatic heterocycles. The van der Waals surface area contributed by atoms with Crippen LogP contribution in [0.4, 0.5) is 5.69 Å². The Morgan fingerprint density at radius 2 is 2.33 bits per heavy atom. The van der Waals surface area contributed by atoms with Gasteiger partial charge in [-0.05, 0) is 24.6 Å². The van der Waals surface area contributed by atoms with E-state index in [2.05, 4.69) is 6.58 Å². The fraction of sp³-hybridized carbons (Fsp3) is 0.182. The number of rotatable bonds is 4. The van der Waals surface area contributed by atoms with Gasteiger partial charge >= 0.3 is 0 Å². The van der Waals surface area contributed by atoms with E-state index in [1.54, 1.807) is 18.2 Å². The summed E-state index contributed by atoms with van der Waals surface area (Å²) in [5, 5.41) is 0. The van der Waals surface area contributed by atoms with Crippen LogP contribution in [0.1, 0.15) is 12.5 Å². The summed E-state index contributed by atoms with van der Waals surface area (Å²) in [7, 11) is -1.40. The monoisotopic (exact) mass is 223 g/mol. The molecule has 15 heavy (non-hydrogen) atoms. The van der Waals surface area contributed by atoms with Crippen molar-refractivity contribution >= 4 is 25.5 Å². The van der Waals surface area contributed by atoms with Gasteiger partial charge in [0.1, 0.15) is 6.16 Å². The smallest absolute Gasteiger partial charge is 0.257 e. The van der Waals surface area contributed by atoms with Crippen molar-refractivity contribution < 1.29 is 9.63 Å². The van der Waals surface area contributed by atoms with Gasteiger partial charge in [-0.3, -0.25) is 0 Å². The Balaban J connectivity index is 2.83. The summed E-state index contributed by atoms with van der Waals surface area (Å²) in [6.45, 7) is 5.47. The zero-order valence-corrected chi connectivity index (χ0v) is 9.54. The third-order valence-electron chi connectivity index (χ3n) is 1.88. The molecule has 0 spiro atoms. The van der Waals surface area contributed by atoms with Crippen LogP contribution in [0, 0.1) is 0 Å². The lowest BCUT2D eigenvalue weighted by atomic mass is 10.2. The van der Waals surface area contributed by atoms with Gasteiger partial charge in [0.05, 0.1) is 13.5 Å². The topological polar surface area (TPSA) is 58.3 Å². The minimum atomic E-state index is -1.40. The molecule has 0 radical (unpaired) electrons. The summed E-state index contributed by atoms with van der Waals surface area (Å²) < 4.78 is 5.22. The fourth-order valence-electron chi connectivity index (χ4n) is 0.991. The predicted octanol–water partition coefficient (Wildman–Crippen LogP) is 1.83. The second kappa shape index (κ2) is 5.54. The highest BCUT2D eigenvalue weighted by molar-refractivity contribution is 7.49. The molecule has 0 amide bonds. The minimum absolute atomic E-state index is 0.517. The SMILES string of the molecule is C=Cc1ccc(OC=[P+]([O-])CC)c(N)c1. The number of ether oxygens (including phenoxy) is 1. The summed E-state index contributed by atoms with van der Waals surface area (Å²) in [6, 6.07) is 5.34. The molecule has 1 aromatic rings. The van der Waals surface area contributed by atoms with Crippen LogP contribution in [0.3, 0.4) is 0 Å². The van der Waals surface area contributed by atoms with Crippen molar-refractivity contribution in [3.8, 4) is 5.75 Å². The summed E-state index contributed by atoms with van der Waals surface area (Å²) in [5.74, 6) is 1.85. The lowest BCUT2D eigenvalue weighted by Crippen LogP contribution is -1.99. The van der Waals surface area contributed by atoms with E-state index < -0.39 is 7.77 Å². The minimum Gasteiger partial charge on any atom is -0.628 e. The van der Waals surface area contributed by atoms with E-state index in [0.717, 1.165) is 5.56 Å². The van der Waals surface area contributed by atoms with Crippen LogP contribution in [0.15, 0.2) is 24.8 Å². The van der Waals surface area contributed by atoms with E-state index in [4.69, 9.17) is 10.5 Å². The lowest BCUT2D eigenvalue weighted by Gasteiger charge is -2.04. The molecule has 1 atom stereocenters. The van der Waals surface area contributed by atoms with E-state index in [-0.39, 0.29) is 0 Å². The summed E-state index contributed by atoms with van der Waals surface area (Å²) in [4.78, 5) is 11.1. The summed E-state index contributed by atoms with van der Waals surface area (Å²) in [5.41, 5.74) is 7.18. The van der Waals surface area contributed by atoms with Gasteiger partial charge in [-0.1, -0.05) is 18.7 Å². The first-order valence-electron chi connectivity index (χ1n) is 4.63. The molecule has 0 aliphatic rings. The first-order valence-corrected chi connectivity index (χ1v) is 6.14. The molecule has 1 rings (SSSR count). The van der Waals surface area contributed by atoms with Crippen molar-refractivity contribution in [3.63, 3.8) is 0 Å². The molecule has 1 aromatic carbocycles. The number of nitrogens with two attached hydrogens (primary N) is 1. The maximum Gasteiger partial charge on any atom is 0.257 e. The third kappa shape index (κ3) is 3.39. The van der Waals surface area contributed by atoms with Crippen LogP contribution >= 0.6 is 7.77 Å². The second-order valence-electron chi connectivity index (χ2n) is 2.96. The molecule has 1 unspecified atom stereocenters. The standard InChI is InChI=1S/C11H14NO2P/c1-3-9-5-6-11(10(12)7-9)14-8-15(13)4-2/h3,5-8H,1,4,12H2,2H3. The Morgan fingerprint density at radius 3 is 2.87 bits per heavy atom. The molecule has 0 aliphatic carbocycles. The van der Waals surface area contributed by atoms with Crippen LogP contribution in [0.5, 0.6) is 5.75 Å². The molecule has 0 saturated heterocycles. The van der Waals surface area contributed by atoms with Crippen LogP contribution in [-0.4, -0.2) is 12.1 Å². The molecule has 2 N–H and O–H groups in total. The maximum atomic E-state index is 11.1. The Hall–Kier alpha value is -1.31. The normalized spacial score (nSPS) is 11.2. The van der Waals surface area contributed by atoms with Gasteiger partial charge < -0.3 is 15.4 Å². The first-order chi connectivity index (χ1) is 7.17. The van der Waals surface area contributed by atoms with Crippen LogP contribution < -0.4 is 15.4 Å². The number of anilines is 1. The van der Waals surface area contributed by atoms with Crippen molar-refractivity contribution in [3.05, 3.63) is 30.3 Å². The molecule has 0 aromatic heterocycles. The molecular formula is C11H14NO2P. The highest BCUT2D eigenvalue weighted by Gasteiger charge is 2.01. The Kier molecular flexibility index (Phi) is 4.35. The van der Waals surface area contributed by atoms with Gasteiger partial charge in [0.25, 0.3) is 5.98 Å². The van der Waals surface area contributed by atoms with E-state index >= 15 is 0 Å². The van der Waals surface area contributed by atoms with Crippen molar-refractivity contribution in [1.29, 1.82) is 0 Å². The number of hydrogen-bond acceptors (Lipinski definition) is 3. The van der Waals surface area contributed by atoms with Crippen LogP contribution in [-0.2, 0) is 0 Å². The number of nitrogen functional groups attached to an aromatic ring is 1. The van der Waals surface area contributed by atoms with E-state index in [1.165, 1.54) is 5.98 Å². The van der Waals surface area contributed by atoms with Crippen LogP contribution in [0.25, 0.3) is 6.08 Å². The molecular weight excluding hydrogens is 209 g/mol. The average Bonchev–Trinajstić information content (AvgIpc) is 2.26. The van der Waals surface area contributed by atoms with Gasteiger partial charge in [0, 0.05) is 0 Å². The third-order valence-corrected chi connectivity index (χ3v) is 2.84. The van der Waals surface area contributed by atoms with E-state index in [0.29, 0.717) is 17.6 Å². The molecule has 3 nitrogen and oxygen atoms in total. The fourth-order valence-corrected chi connectivity index (χ4v) is 1.37. The van der Waals surface area contributed by atoms with Gasteiger partial charge in [-0.2, -0.15) is 0 Å². The number of hydrogen-bond donors (Lipinski definition) is 1. The quantitative estimate of drug-likeness (QED) is 0.625. The average molecular weight is 223 g/mol. The van der Waals surface area contributed by atoms with Crippen LogP contribution in [0.2, 0.25) is 0 Å². The van der Waals surface area contributed by atoms with E-state index in [9.17, 15) is 4.89 Å². The van der Waals surface area contributed by atoms with Crippen molar-refractivity contribution in [2.24, 2.45) is 0 Å². The maximum absolute atomic E-state index is 11.1. The molecule has 0 fully saturated rings. The predicted molar refractivity (Wildman–Crippen MR) is 65.1 cm³/mol. The molecule has 4 heteroatoms. The Morgan fingerprint density at radius 1 is 1.60 bits per heavy atom. The highest BCUT2D eigenvalue weighted by Crippen LogP contribution is 2.23. The molecule has 0 bridgehead atoms. The summed E-state index contributed by atoms with van der Waals surface area (Å²) in [6.07, 6.45) is 2.27. The largest absolute Gasteiger partial charge is 0.628 e. The number of benzene rings is 1.